The zero-order valence-electron chi connectivity index (χ0n) is 18.1. The van der Waals surface area contributed by atoms with Gasteiger partial charge in [-0.15, -0.1) is 0 Å². The molecular weight excluding hydrogens is 440 g/mol. The van der Waals surface area contributed by atoms with Crippen molar-refractivity contribution in [2.75, 3.05) is 12.0 Å². The standard InChI is InChI=1S/C23H20N6O3S/c1-13-9-10-17-16(11-13)14(2)25-22(26-17)27-21(24)28-23-29(15-7-5-4-6-8-15)20(31)18(33-23)12-19(30)32-3/h4-12H,1-3H3,(H2,24,25,26,27)/b18-12+,28-23-. The van der Waals surface area contributed by atoms with Crippen molar-refractivity contribution in [1.82, 2.24) is 9.97 Å². The van der Waals surface area contributed by atoms with Crippen LogP contribution in [0.5, 0.6) is 0 Å². The van der Waals surface area contributed by atoms with Gasteiger partial charge in [-0.3, -0.25) is 9.69 Å². The van der Waals surface area contributed by atoms with Gasteiger partial charge in [-0.05, 0) is 49.9 Å². The fourth-order valence-corrected chi connectivity index (χ4v) is 4.12. The van der Waals surface area contributed by atoms with Crippen molar-refractivity contribution >= 4 is 57.3 Å². The number of anilines is 1. The maximum absolute atomic E-state index is 13.0. The van der Waals surface area contributed by atoms with Crippen molar-refractivity contribution in [3.8, 4) is 0 Å². The van der Waals surface area contributed by atoms with Crippen LogP contribution in [-0.2, 0) is 14.3 Å². The molecule has 1 aliphatic rings. The number of rotatable bonds is 3. The Morgan fingerprint density at radius 1 is 1.15 bits per heavy atom. The number of aromatic nitrogens is 2. The molecule has 2 N–H and O–H groups in total. The first-order chi connectivity index (χ1) is 15.9. The van der Waals surface area contributed by atoms with Gasteiger partial charge in [-0.1, -0.05) is 29.8 Å². The fraction of sp³-hybridized carbons (Fsp3) is 0.130. The molecule has 33 heavy (non-hydrogen) atoms. The summed E-state index contributed by atoms with van der Waals surface area (Å²) in [6.07, 6.45) is 1.12. The number of aryl methyl sites for hydroxylation is 2. The number of methoxy groups -OCH3 is 1. The third-order valence-electron chi connectivity index (χ3n) is 4.73. The third kappa shape index (κ3) is 4.75. The van der Waals surface area contributed by atoms with Crippen LogP contribution in [-0.4, -0.2) is 40.1 Å². The van der Waals surface area contributed by atoms with Gasteiger partial charge in [-0.25, -0.2) is 14.8 Å². The molecule has 0 bridgehead atoms. The first-order valence-electron chi connectivity index (χ1n) is 9.90. The van der Waals surface area contributed by atoms with Gasteiger partial charge in [-0.2, -0.15) is 9.98 Å². The fourth-order valence-electron chi connectivity index (χ4n) is 3.18. The number of nitrogens with zero attached hydrogens (tertiary/aromatic N) is 5. The van der Waals surface area contributed by atoms with E-state index in [-0.39, 0.29) is 22.0 Å². The number of para-hydroxylation sites is 1. The Kier molecular flexibility index (Phi) is 6.18. The van der Waals surface area contributed by atoms with E-state index in [2.05, 4.69) is 24.7 Å². The van der Waals surface area contributed by atoms with Crippen molar-refractivity contribution < 1.29 is 14.3 Å². The maximum Gasteiger partial charge on any atom is 0.331 e. The molecule has 10 heteroatoms. The van der Waals surface area contributed by atoms with Crippen molar-refractivity contribution in [3.63, 3.8) is 0 Å². The Morgan fingerprint density at radius 3 is 2.64 bits per heavy atom. The van der Waals surface area contributed by atoms with Crippen LogP contribution in [0, 0.1) is 13.8 Å². The number of hydrogen-bond donors (Lipinski definition) is 1. The van der Waals surface area contributed by atoms with Gasteiger partial charge in [0.1, 0.15) is 0 Å². The number of aliphatic imine (C=N–C) groups is 2. The second kappa shape index (κ2) is 9.21. The minimum absolute atomic E-state index is 0.128. The highest BCUT2D eigenvalue weighted by molar-refractivity contribution is 8.19. The molecule has 0 spiro atoms. The van der Waals surface area contributed by atoms with Crippen LogP contribution in [0.15, 0.2) is 69.5 Å². The molecule has 166 valence electrons. The number of nitrogens with two attached hydrogens (primary N) is 1. The van der Waals surface area contributed by atoms with Gasteiger partial charge < -0.3 is 10.5 Å². The highest BCUT2D eigenvalue weighted by atomic mass is 32.2. The van der Waals surface area contributed by atoms with E-state index in [0.717, 1.165) is 40.0 Å². The molecule has 0 unspecified atom stereocenters. The van der Waals surface area contributed by atoms with Crippen LogP contribution >= 0.6 is 11.8 Å². The zero-order valence-corrected chi connectivity index (χ0v) is 19.0. The number of benzene rings is 2. The van der Waals surface area contributed by atoms with E-state index >= 15 is 0 Å². The minimum Gasteiger partial charge on any atom is -0.466 e. The monoisotopic (exact) mass is 460 g/mol. The number of amides is 1. The zero-order chi connectivity index (χ0) is 23.5. The highest BCUT2D eigenvalue weighted by Gasteiger charge is 2.35. The molecule has 0 aliphatic carbocycles. The molecule has 0 saturated carbocycles. The smallest absolute Gasteiger partial charge is 0.331 e. The molecule has 4 rings (SSSR count). The lowest BCUT2D eigenvalue weighted by Gasteiger charge is -2.15. The summed E-state index contributed by atoms with van der Waals surface area (Å²) in [6.45, 7) is 3.87. The summed E-state index contributed by atoms with van der Waals surface area (Å²) in [5.74, 6) is -1.03. The molecule has 1 amide bonds. The Labute approximate surface area is 194 Å². The molecule has 9 nitrogen and oxygen atoms in total. The lowest BCUT2D eigenvalue weighted by atomic mass is 10.1. The predicted molar refractivity (Wildman–Crippen MR) is 129 cm³/mol. The van der Waals surface area contributed by atoms with Crippen LogP contribution in [0.4, 0.5) is 11.6 Å². The lowest BCUT2D eigenvalue weighted by Crippen LogP contribution is -2.30. The number of fused-ring (bicyclic) bond motifs is 1. The number of carbonyl (C=O) groups is 2. The molecule has 0 atom stereocenters. The van der Waals surface area contributed by atoms with Gasteiger partial charge in [0.05, 0.1) is 28.9 Å². The van der Waals surface area contributed by atoms with Crippen LogP contribution < -0.4 is 10.6 Å². The van der Waals surface area contributed by atoms with E-state index in [1.165, 1.54) is 12.0 Å². The van der Waals surface area contributed by atoms with Gasteiger partial charge in [0.25, 0.3) is 11.9 Å². The quantitative estimate of drug-likeness (QED) is 0.275. The minimum atomic E-state index is -0.642. The van der Waals surface area contributed by atoms with Gasteiger partial charge in [0, 0.05) is 11.5 Å². The maximum atomic E-state index is 13.0. The van der Waals surface area contributed by atoms with Crippen molar-refractivity contribution in [3.05, 3.63) is 70.8 Å². The number of hydrogen-bond acceptors (Lipinski definition) is 7. The molecule has 1 aliphatic heterocycles. The van der Waals surface area contributed by atoms with E-state index in [0.29, 0.717) is 5.69 Å². The van der Waals surface area contributed by atoms with Crippen molar-refractivity contribution in [2.45, 2.75) is 13.8 Å². The van der Waals surface area contributed by atoms with Gasteiger partial charge >= 0.3 is 5.97 Å². The average Bonchev–Trinajstić information content (AvgIpc) is 3.09. The molecule has 2 heterocycles. The molecule has 2 aromatic carbocycles. The van der Waals surface area contributed by atoms with E-state index in [1.807, 2.05) is 38.1 Å². The van der Waals surface area contributed by atoms with E-state index in [9.17, 15) is 9.59 Å². The Balaban J connectivity index is 1.73. The van der Waals surface area contributed by atoms with Gasteiger partial charge in [0.15, 0.2) is 5.17 Å². The third-order valence-corrected chi connectivity index (χ3v) is 5.69. The van der Waals surface area contributed by atoms with E-state index in [4.69, 9.17) is 5.73 Å². The Morgan fingerprint density at radius 2 is 1.91 bits per heavy atom. The molecule has 1 fully saturated rings. The summed E-state index contributed by atoms with van der Waals surface area (Å²) in [4.78, 5) is 43.6. The number of ether oxygens (including phenoxy) is 1. The molecule has 0 radical (unpaired) electrons. The number of esters is 1. The Bertz CT molecular complexity index is 1350. The largest absolute Gasteiger partial charge is 0.466 e. The molecule has 3 aromatic rings. The van der Waals surface area contributed by atoms with Crippen molar-refractivity contribution in [2.24, 2.45) is 15.7 Å². The first-order valence-corrected chi connectivity index (χ1v) is 10.7. The van der Waals surface area contributed by atoms with Crippen LogP contribution in [0.25, 0.3) is 10.9 Å². The van der Waals surface area contributed by atoms with Gasteiger partial charge in [0.2, 0.25) is 5.96 Å². The summed E-state index contributed by atoms with van der Waals surface area (Å²) in [7, 11) is 1.24. The average molecular weight is 461 g/mol. The number of thioether (sulfide) groups is 1. The normalized spacial score (nSPS) is 16.8. The summed E-state index contributed by atoms with van der Waals surface area (Å²) in [5.41, 5.74) is 9.27. The second-order valence-electron chi connectivity index (χ2n) is 7.10. The number of guanidine groups is 1. The molecular formula is C23H20N6O3S. The second-order valence-corrected chi connectivity index (χ2v) is 8.11. The van der Waals surface area contributed by atoms with E-state index < -0.39 is 11.9 Å². The summed E-state index contributed by atoms with van der Waals surface area (Å²) in [5, 5.41) is 1.18. The highest BCUT2D eigenvalue weighted by Crippen LogP contribution is 2.34. The topological polar surface area (TPSA) is 123 Å². The first kappa shape index (κ1) is 22.2. The molecule has 1 saturated heterocycles. The summed E-state index contributed by atoms with van der Waals surface area (Å²) < 4.78 is 4.65. The van der Waals surface area contributed by atoms with Crippen LogP contribution in [0.3, 0.4) is 0 Å². The van der Waals surface area contributed by atoms with Crippen molar-refractivity contribution in [1.29, 1.82) is 0 Å². The number of amidine groups is 1. The van der Waals surface area contributed by atoms with Crippen LogP contribution in [0.2, 0.25) is 0 Å². The predicted octanol–water partition coefficient (Wildman–Crippen LogP) is 3.39. The number of carbonyl (C=O) groups excluding carboxylic acids is 2. The molecule has 1 aromatic heterocycles. The SMILES string of the molecule is COC(=O)/C=C1/S/C(=N\C(N)=N\c2nc(C)c3cc(C)ccc3n2)N(c2ccccc2)C1=O. The lowest BCUT2D eigenvalue weighted by molar-refractivity contribution is -0.135. The van der Waals surface area contributed by atoms with E-state index in [1.54, 1.807) is 24.3 Å². The van der Waals surface area contributed by atoms with Crippen LogP contribution in [0.1, 0.15) is 11.3 Å². The summed E-state index contributed by atoms with van der Waals surface area (Å²) >= 11 is 0.997. The Hall–Kier alpha value is -4.05. The summed E-state index contributed by atoms with van der Waals surface area (Å²) in [6, 6.07) is 14.8.